The molecule has 0 saturated carbocycles. The van der Waals surface area contributed by atoms with Gasteiger partial charge in [-0.25, -0.2) is 27.6 Å². The second-order valence-electron chi connectivity index (χ2n) is 12.3. The number of esters is 3. The summed E-state index contributed by atoms with van der Waals surface area (Å²) in [5.74, 6) is -6.27. The molecule has 0 aliphatic heterocycles. The highest BCUT2D eigenvalue weighted by molar-refractivity contribution is 5.93. The summed E-state index contributed by atoms with van der Waals surface area (Å²) in [6.45, 7) is 6.53. The summed E-state index contributed by atoms with van der Waals surface area (Å²) >= 11 is 0. The van der Waals surface area contributed by atoms with Crippen molar-refractivity contribution in [2.75, 3.05) is 6.61 Å². The van der Waals surface area contributed by atoms with Gasteiger partial charge in [-0.3, -0.25) is 0 Å². The molecule has 3 aromatic rings. The Morgan fingerprint density at radius 1 is 0.580 bits per heavy atom. The lowest BCUT2D eigenvalue weighted by Gasteiger charge is -2.16. The highest BCUT2D eigenvalue weighted by Crippen LogP contribution is 2.25. The van der Waals surface area contributed by atoms with Crippen LogP contribution in [0.1, 0.15) is 142 Å². The van der Waals surface area contributed by atoms with Crippen molar-refractivity contribution in [3.05, 3.63) is 88.7 Å². The maximum atomic E-state index is 14.8. The van der Waals surface area contributed by atoms with E-state index in [-0.39, 0.29) is 34.3 Å². The molecule has 1 atom stereocenters. The largest absolute Gasteiger partial charge is 0.491 e. The topological polar surface area (TPSA) is 88.1 Å². The minimum atomic E-state index is -1.05. The fourth-order valence-corrected chi connectivity index (χ4v) is 5.28. The van der Waals surface area contributed by atoms with Crippen LogP contribution in [-0.4, -0.2) is 30.6 Å². The van der Waals surface area contributed by atoms with Crippen molar-refractivity contribution >= 4 is 17.9 Å². The Labute approximate surface area is 293 Å². The summed E-state index contributed by atoms with van der Waals surface area (Å²) in [5.41, 5.74) is -0.699. The van der Waals surface area contributed by atoms with Crippen LogP contribution in [0.5, 0.6) is 17.2 Å². The van der Waals surface area contributed by atoms with Gasteiger partial charge in [-0.15, -0.1) is 0 Å². The van der Waals surface area contributed by atoms with Crippen molar-refractivity contribution in [1.82, 2.24) is 0 Å². The summed E-state index contributed by atoms with van der Waals surface area (Å²) in [4.78, 5) is 37.8. The SMILES string of the molecule is CCCCCCCCCCOc1ccc(C(=O)Oc2ccc(C(=O)Oc3ccc(C(=O)OC(CC)CCCCCC)c(F)c3)cc2F)cc1F. The zero-order valence-electron chi connectivity index (χ0n) is 29.4. The first-order valence-corrected chi connectivity index (χ1v) is 17.8. The monoisotopic (exact) mass is 698 g/mol. The zero-order valence-corrected chi connectivity index (χ0v) is 29.4. The molecular weight excluding hydrogens is 649 g/mol. The highest BCUT2D eigenvalue weighted by atomic mass is 19.1. The third kappa shape index (κ3) is 13.2. The molecule has 1 unspecified atom stereocenters. The van der Waals surface area contributed by atoms with Crippen LogP contribution in [0.4, 0.5) is 13.2 Å². The number of rotatable bonds is 22. The molecule has 0 bridgehead atoms. The number of carbonyl (C=O) groups excluding carboxylic acids is 3. The molecule has 0 heterocycles. The average Bonchev–Trinajstić information content (AvgIpc) is 3.10. The summed E-state index contributed by atoms with van der Waals surface area (Å²) in [7, 11) is 0. The number of hydrogen-bond donors (Lipinski definition) is 0. The molecule has 3 rings (SSSR count). The first-order valence-electron chi connectivity index (χ1n) is 17.8. The number of halogens is 3. The standard InChI is InChI=1S/C40H49F3O7/c1-4-7-9-11-12-13-14-16-24-47-36-22-18-29(25-34(36)42)39(45)50-37-23-19-28(26-35(37)43)38(44)49-31-20-21-32(33(41)27-31)40(46)48-30(6-3)17-15-10-8-5-2/h18-23,25-27,30H,4-17,24H2,1-3H3. The number of benzene rings is 3. The minimum Gasteiger partial charge on any atom is -0.491 e. The second kappa shape index (κ2) is 21.7. The van der Waals surface area contributed by atoms with Gasteiger partial charge in [-0.2, -0.15) is 0 Å². The van der Waals surface area contributed by atoms with E-state index in [1.807, 2.05) is 6.92 Å². The van der Waals surface area contributed by atoms with Gasteiger partial charge in [0.05, 0.1) is 23.3 Å². The molecule has 0 fully saturated rings. The van der Waals surface area contributed by atoms with Crippen LogP contribution in [0.15, 0.2) is 54.6 Å². The van der Waals surface area contributed by atoms with Crippen LogP contribution < -0.4 is 14.2 Å². The molecule has 10 heteroatoms. The Morgan fingerprint density at radius 3 is 1.72 bits per heavy atom. The van der Waals surface area contributed by atoms with E-state index in [0.717, 1.165) is 81.3 Å². The van der Waals surface area contributed by atoms with E-state index < -0.39 is 41.1 Å². The quantitative estimate of drug-likeness (QED) is 0.0586. The van der Waals surface area contributed by atoms with Gasteiger partial charge in [0.25, 0.3) is 0 Å². The lowest BCUT2D eigenvalue weighted by Crippen LogP contribution is -2.18. The average molecular weight is 699 g/mol. The number of ether oxygens (including phenoxy) is 4. The molecule has 0 spiro atoms. The molecule has 272 valence electrons. The lowest BCUT2D eigenvalue weighted by atomic mass is 10.1. The molecular formula is C40H49F3O7. The molecule has 3 aromatic carbocycles. The lowest BCUT2D eigenvalue weighted by molar-refractivity contribution is 0.0261. The van der Waals surface area contributed by atoms with Crippen LogP contribution in [-0.2, 0) is 4.74 Å². The molecule has 7 nitrogen and oxygen atoms in total. The van der Waals surface area contributed by atoms with E-state index in [9.17, 15) is 27.6 Å². The van der Waals surface area contributed by atoms with Crippen LogP contribution in [0.25, 0.3) is 0 Å². The number of carbonyl (C=O) groups is 3. The summed E-state index contributed by atoms with van der Waals surface area (Å²) in [6.07, 6.45) is 14.1. The van der Waals surface area contributed by atoms with Gasteiger partial charge in [0, 0.05) is 6.07 Å². The van der Waals surface area contributed by atoms with Crippen molar-refractivity contribution in [2.45, 2.75) is 117 Å². The van der Waals surface area contributed by atoms with Gasteiger partial charge in [0.1, 0.15) is 17.7 Å². The third-order valence-electron chi connectivity index (χ3n) is 8.27. The van der Waals surface area contributed by atoms with Gasteiger partial charge >= 0.3 is 17.9 Å². The van der Waals surface area contributed by atoms with Gasteiger partial charge in [-0.05, 0) is 74.2 Å². The van der Waals surface area contributed by atoms with E-state index in [2.05, 4.69) is 13.8 Å². The second-order valence-corrected chi connectivity index (χ2v) is 12.3. The van der Waals surface area contributed by atoms with Crippen molar-refractivity contribution in [2.24, 2.45) is 0 Å². The van der Waals surface area contributed by atoms with Crippen molar-refractivity contribution in [1.29, 1.82) is 0 Å². The van der Waals surface area contributed by atoms with E-state index >= 15 is 0 Å². The van der Waals surface area contributed by atoms with Crippen LogP contribution in [0.3, 0.4) is 0 Å². The predicted octanol–water partition coefficient (Wildman–Crippen LogP) is 11.0. The van der Waals surface area contributed by atoms with E-state index in [4.69, 9.17) is 18.9 Å². The summed E-state index contributed by atoms with van der Waals surface area (Å²) in [5, 5.41) is 0. The van der Waals surface area contributed by atoms with Gasteiger partial charge in [0.15, 0.2) is 23.1 Å². The number of hydrogen-bond acceptors (Lipinski definition) is 7. The van der Waals surface area contributed by atoms with Gasteiger partial charge in [0.2, 0.25) is 0 Å². The maximum absolute atomic E-state index is 14.8. The number of unbranched alkanes of at least 4 members (excludes halogenated alkanes) is 10. The normalized spacial score (nSPS) is 11.6. The van der Waals surface area contributed by atoms with E-state index in [1.54, 1.807) is 0 Å². The summed E-state index contributed by atoms with van der Waals surface area (Å²) < 4.78 is 65.5. The Balaban J connectivity index is 1.50. The zero-order chi connectivity index (χ0) is 36.3. The Hall–Kier alpha value is -4.34. The smallest absolute Gasteiger partial charge is 0.343 e. The predicted molar refractivity (Wildman–Crippen MR) is 185 cm³/mol. The molecule has 50 heavy (non-hydrogen) atoms. The Kier molecular flexibility index (Phi) is 17.4. The molecule has 0 radical (unpaired) electrons. The Bertz CT molecular complexity index is 1540. The van der Waals surface area contributed by atoms with Gasteiger partial charge in [-0.1, -0.05) is 85.0 Å². The van der Waals surface area contributed by atoms with Crippen molar-refractivity contribution < 1.29 is 46.5 Å². The van der Waals surface area contributed by atoms with Gasteiger partial charge < -0.3 is 18.9 Å². The molecule has 0 amide bonds. The van der Waals surface area contributed by atoms with Crippen molar-refractivity contribution in [3.8, 4) is 17.2 Å². The van der Waals surface area contributed by atoms with Crippen molar-refractivity contribution in [3.63, 3.8) is 0 Å². The fraction of sp³-hybridized carbons (Fsp3) is 0.475. The van der Waals surface area contributed by atoms with Crippen LogP contribution in [0, 0.1) is 17.5 Å². The van der Waals surface area contributed by atoms with E-state index in [1.165, 1.54) is 50.3 Å². The van der Waals surface area contributed by atoms with E-state index in [0.29, 0.717) is 19.4 Å². The maximum Gasteiger partial charge on any atom is 0.343 e. The van der Waals surface area contributed by atoms with Crippen LogP contribution >= 0.6 is 0 Å². The van der Waals surface area contributed by atoms with Crippen LogP contribution in [0.2, 0.25) is 0 Å². The molecule has 0 aromatic heterocycles. The third-order valence-corrected chi connectivity index (χ3v) is 8.27. The molecule has 0 aliphatic carbocycles. The fourth-order valence-electron chi connectivity index (χ4n) is 5.28. The molecule has 0 N–H and O–H groups in total. The molecule has 0 aliphatic rings. The minimum absolute atomic E-state index is 0.00583. The Morgan fingerprint density at radius 2 is 1.14 bits per heavy atom. The first kappa shape index (κ1) is 40.1. The molecule has 0 saturated heterocycles. The first-order chi connectivity index (χ1) is 24.2. The summed E-state index contributed by atoms with van der Waals surface area (Å²) in [6, 6.07) is 9.86. The highest BCUT2D eigenvalue weighted by Gasteiger charge is 2.21.